The molecular formula is C16H16ClN3O5S. The SMILES string of the molecule is CCS(=O)(=O)c1ccc(C(=O)c2c[nH]n(C)c2=O)c(Cl)c1C1=NOCC1. The number of hydrogen-bond donors (Lipinski definition) is 1. The van der Waals surface area contributed by atoms with E-state index in [2.05, 4.69) is 10.3 Å². The summed E-state index contributed by atoms with van der Waals surface area (Å²) in [6, 6.07) is 2.64. The summed E-state index contributed by atoms with van der Waals surface area (Å²) in [6.07, 6.45) is 1.66. The third kappa shape index (κ3) is 2.97. The van der Waals surface area contributed by atoms with Gasteiger partial charge in [-0.3, -0.25) is 14.3 Å². The van der Waals surface area contributed by atoms with E-state index < -0.39 is 21.2 Å². The fourth-order valence-electron chi connectivity index (χ4n) is 2.67. The van der Waals surface area contributed by atoms with Crippen LogP contribution in [0.5, 0.6) is 0 Å². The van der Waals surface area contributed by atoms with Crippen molar-refractivity contribution < 1.29 is 18.0 Å². The van der Waals surface area contributed by atoms with Gasteiger partial charge in [-0.15, -0.1) is 0 Å². The number of nitrogens with zero attached hydrogens (tertiary/aromatic N) is 2. The largest absolute Gasteiger partial charge is 0.395 e. The van der Waals surface area contributed by atoms with Crippen LogP contribution in [0, 0.1) is 0 Å². The van der Waals surface area contributed by atoms with Gasteiger partial charge in [-0.05, 0) is 12.1 Å². The highest BCUT2D eigenvalue weighted by molar-refractivity contribution is 7.91. The number of aromatic nitrogens is 2. The molecule has 26 heavy (non-hydrogen) atoms. The van der Waals surface area contributed by atoms with Gasteiger partial charge in [0.15, 0.2) is 9.84 Å². The first-order valence-electron chi connectivity index (χ1n) is 7.81. The molecule has 1 N–H and O–H groups in total. The summed E-state index contributed by atoms with van der Waals surface area (Å²) < 4.78 is 26.0. The van der Waals surface area contributed by atoms with Crippen LogP contribution in [-0.2, 0) is 21.7 Å². The van der Waals surface area contributed by atoms with E-state index in [9.17, 15) is 18.0 Å². The molecule has 0 amide bonds. The lowest BCUT2D eigenvalue weighted by Gasteiger charge is -2.13. The number of nitrogens with one attached hydrogen (secondary N) is 1. The van der Waals surface area contributed by atoms with Gasteiger partial charge in [0.05, 0.1) is 21.4 Å². The highest BCUT2D eigenvalue weighted by Gasteiger charge is 2.29. The van der Waals surface area contributed by atoms with Crippen molar-refractivity contribution in [2.75, 3.05) is 12.4 Å². The first kappa shape index (κ1) is 18.4. The minimum Gasteiger partial charge on any atom is -0.395 e. The van der Waals surface area contributed by atoms with Crippen LogP contribution in [-0.4, -0.2) is 42.1 Å². The zero-order valence-corrected chi connectivity index (χ0v) is 15.6. The number of H-pyrrole nitrogens is 1. The van der Waals surface area contributed by atoms with E-state index in [1.54, 1.807) is 0 Å². The number of hydrogen-bond acceptors (Lipinski definition) is 6. The summed E-state index contributed by atoms with van der Waals surface area (Å²) in [5.74, 6) is -0.728. The minimum absolute atomic E-state index is 0.00669. The summed E-state index contributed by atoms with van der Waals surface area (Å²) in [5.41, 5.74) is -0.0404. The minimum atomic E-state index is -3.60. The molecule has 1 aromatic carbocycles. The number of aromatic amines is 1. The van der Waals surface area contributed by atoms with Gasteiger partial charge in [-0.1, -0.05) is 23.7 Å². The van der Waals surface area contributed by atoms with Crippen molar-refractivity contribution in [3.63, 3.8) is 0 Å². The Morgan fingerprint density at radius 1 is 1.38 bits per heavy atom. The Morgan fingerprint density at radius 2 is 2.12 bits per heavy atom. The van der Waals surface area contributed by atoms with E-state index in [1.165, 1.54) is 32.3 Å². The van der Waals surface area contributed by atoms with Gasteiger partial charge >= 0.3 is 0 Å². The van der Waals surface area contributed by atoms with Crippen LogP contribution in [0.2, 0.25) is 5.02 Å². The molecule has 3 rings (SSSR count). The Morgan fingerprint density at radius 3 is 2.65 bits per heavy atom. The molecule has 0 aliphatic carbocycles. The zero-order chi connectivity index (χ0) is 19.1. The van der Waals surface area contributed by atoms with E-state index in [0.717, 1.165) is 4.68 Å². The summed E-state index contributed by atoms with van der Waals surface area (Å²) >= 11 is 6.42. The molecule has 8 nitrogen and oxygen atoms in total. The Hall–Kier alpha value is -2.39. The predicted molar refractivity (Wildman–Crippen MR) is 95.8 cm³/mol. The van der Waals surface area contributed by atoms with Gasteiger partial charge < -0.3 is 9.94 Å². The molecule has 1 aliphatic rings. The van der Waals surface area contributed by atoms with E-state index in [0.29, 0.717) is 18.7 Å². The lowest BCUT2D eigenvalue weighted by molar-refractivity contribution is 0.103. The number of halogens is 1. The Kier molecular flexibility index (Phi) is 4.76. The van der Waals surface area contributed by atoms with Gasteiger partial charge in [-0.25, -0.2) is 8.42 Å². The van der Waals surface area contributed by atoms with Crippen molar-refractivity contribution in [1.29, 1.82) is 0 Å². The van der Waals surface area contributed by atoms with Crippen molar-refractivity contribution in [1.82, 2.24) is 9.78 Å². The number of aryl methyl sites for hydroxylation is 1. The Labute approximate surface area is 154 Å². The van der Waals surface area contributed by atoms with Crippen molar-refractivity contribution in [3.05, 3.63) is 50.4 Å². The molecule has 0 atom stereocenters. The molecule has 2 heterocycles. The van der Waals surface area contributed by atoms with Gasteiger partial charge in [0.25, 0.3) is 5.56 Å². The van der Waals surface area contributed by atoms with Crippen LogP contribution in [0.3, 0.4) is 0 Å². The average molecular weight is 398 g/mol. The number of benzene rings is 1. The van der Waals surface area contributed by atoms with Crippen molar-refractivity contribution in [3.8, 4) is 0 Å². The molecule has 1 aliphatic heterocycles. The van der Waals surface area contributed by atoms with Crippen LogP contribution in [0.15, 0.2) is 33.2 Å². The fourth-order valence-corrected chi connectivity index (χ4v) is 4.20. The lowest BCUT2D eigenvalue weighted by Crippen LogP contribution is -2.20. The number of oxime groups is 1. The predicted octanol–water partition coefficient (Wildman–Crippen LogP) is 1.52. The Balaban J connectivity index is 2.24. The Bertz CT molecular complexity index is 1080. The van der Waals surface area contributed by atoms with Crippen molar-refractivity contribution in [2.24, 2.45) is 12.2 Å². The second-order valence-corrected chi connectivity index (χ2v) is 8.33. The molecule has 0 bridgehead atoms. The number of carbonyl (C=O) groups excluding carboxylic acids is 1. The van der Waals surface area contributed by atoms with Crippen molar-refractivity contribution in [2.45, 2.75) is 18.2 Å². The van der Waals surface area contributed by atoms with Gasteiger partial charge in [0, 0.05) is 30.8 Å². The molecule has 0 fully saturated rings. The first-order chi connectivity index (χ1) is 12.3. The summed E-state index contributed by atoms with van der Waals surface area (Å²) in [6.45, 7) is 1.82. The summed E-state index contributed by atoms with van der Waals surface area (Å²) in [7, 11) is -2.12. The summed E-state index contributed by atoms with van der Waals surface area (Å²) in [5, 5.41) is 6.42. The highest BCUT2D eigenvalue weighted by Crippen LogP contribution is 2.32. The monoisotopic (exact) mass is 397 g/mol. The molecule has 0 unspecified atom stereocenters. The second kappa shape index (κ2) is 6.73. The van der Waals surface area contributed by atoms with Gasteiger partial charge in [-0.2, -0.15) is 0 Å². The molecule has 10 heteroatoms. The molecule has 138 valence electrons. The zero-order valence-electron chi connectivity index (χ0n) is 14.1. The molecule has 2 aromatic rings. The maximum atomic E-state index is 12.8. The van der Waals surface area contributed by atoms with Gasteiger partial charge in [0.1, 0.15) is 12.2 Å². The maximum Gasteiger partial charge on any atom is 0.277 e. The van der Waals surface area contributed by atoms with Crippen LogP contribution in [0.25, 0.3) is 0 Å². The average Bonchev–Trinajstić information content (AvgIpc) is 3.25. The van der Waals surface area contributed by atoms with Crippen LogP contribution >= 0.6 is 11.6 Å². The van der Waals surface area contributed by atoms with E-state index in [1.807, 2.05) is 0 Å². The molecule has 0 spiro atoms. The normalized spacial score (nSPS) is 14.2. The van der Waals surface area contributed by atoms with E-state index >= 15 is 0 Å². The van der Waals surface area contributed by atoms with Crippen LogP contribution in [0.4, 0.5) is 0 Å². The van der Waals surface area contributed by atoms with Gasteiger partial charge in [0.2, 0.25) is 5.78 Å². The first-order valence-corrected chi connectivity index (χ1v) is 9.84. The van der Waals surface area contributed by atoms with Crippen molar-refractivity contribution >= 4 is 32.9 Å². The molecule has 1 aromatic heterocycles. The number of carbonyl (C=O) groups is 1. The maximum absolute atomic E-state index is 12.8. The van der Waals surface area contributed by atoms with Crippen LogP contribution in [0.1, 0.15) is 34.8 Å². The molecule has 0 saturated heterocycles. The van der Waals surface area contributed by atoms with E-state index in [4.69, 9.17) is 16.4 Å². The topological polar surface area (TPSA) is 111 Å². The highest BCUT2D eigenvalue weighted by atomic mass is 35.5. The molecule has 0 radical (unpaired) electrons. The second-order valence-electron chi connectivity index (χ2n) is 5.71. The standard InChI is InChI=1S/C16H16ClN3O5S/c1-3-26(23,24)12-5-4-9(14(17)13(12)11-6-7-25-19-11)15(21)10-8-18-20(2)16(10)22/h4-5,8,18H,3,6-7H2,1-2H3. The molecular weight excluding hydrogens is 382 g/mol. The third-order valence-corrected chi connectivity index (χ3v) is 6.30. The number of sulfone groups is 1. The number of ketones is 1. The quantitative estimate of drug-likeness (QED) is 0.769. The summed E-state index contributed by atoms with van der Waals surface area (Å²) in [4.78, 5) is 29.8. The lowest BCUT2D eigenvalue weighted by atomic mass is 10.00. The fraction of sp³-hybridized carbons (Fsp3) is 0.312. The van der Waals surface area contributed by atoms with E-state index in [-0.39, 0.29) is 32.4 Å². The smallest absolute Gasteiger partial charge is 0.277 e. The van der Waals surface area contributed by atoms with Crippen LogP contribution < -0.4 is 5.56 Å². The third-order valence-electron chi connectivity index (χ3n) is 4.14. The number of rotatable bonds is 5. The molecule has 0 saturated carbocycles.